The number of amides is 2. The normalized spacial score (nSPS) is 11.6. The van der Waals surface area contributed by atoms with Crippen LogP contribution in [0.15, 0.2) is 6.07 Å². The second-order valence-corrected chi connectivity index (χ2v) is 16.1. The molecular weight excluding hydrogens is 877 g/mol. The van der Waals surface area contributed by atoms with Gasteiger partial charge in [-0.25, -0.2) is 13.6 Å². The van der Waals surface area contributed by atoms with Crippen molar-refractivity contribution in [3.63, 3.8) is 0 Å². The molecule has 1 aromatic carbocycles. The summed E-state index contributed by atoms with van der Waals surface area (Å²) in [5.41, 5.74) is 0. The zero-order valence-electron chi connectivity index (χ0n) is 39.3. The molecule has 1 atom stereocenters. The number of carbonyl (C=O) groups excluding carboxylic acids is 6. The quantitative estimate of drug-likeness (QED) is 0.0215. The topological polar surface area (TPSA) is 191 Å². The number of nitrogens with one attached hydrogen (secondary N) is 2. The molecule has 0 aliphatic heterocycles. The molecule has 0 spiro atoms. The highest BCUT2D eigenvalue weighted by molar-refractivity contribution is 5.80. The van der Waals surface area contributed by atoms with Crippen LogP contribution >= 0.6 is 0 Å². The third-order valence-corrected chi connectivity index (χ3v) is 10.1. The summed E-state index contributed by atoms with van der Waals surface area (Å²) in [5.74, 6) is -11.6. The summed E-state index contributed by atoms with van der Waals surface area (Å²) < 4.78 is 88.7. The minimum Gasteiger partial charge on any atom is -0.469 e. The number of ether oxygens (including phenoxy) is 7. The lowest BCUT2D eigenvalue weighted by atomic mass is 9.95. The Bertz CT molecular complexity index is 1530. The highest BCUT2D eigenvalue weighted by Gasteiger charge is 2.24. The number of methoxy groups -OCH3 is 1. The van der Waals surface area contributed by atoms with Gasteiger partial charge in [0.05, 0.1) is 58.8 Å². The van der Waals surface area contributed by atoms with Gasteiger partial charge in [-0.1, -0.05) is 77.0 Å². The van der Waals surface area contributed by atoms with Crippen LogP contribution < -0.4 is 15.4 Å². The Kier molecular flexibility index (Phi) is 35.2. The van der Waals surface area contributed by atoms with Gasteiger partial charge in [0.25, 0.3) is 0 Å². The lowest BCUT2D eigenvalue weighted by Gasteiger charge is -2.14. The fourth-order valence-electron chi connectivity index (χ4n) is 6.56. The number of carbonyl (C=O) groups is 6. The van der Waals surface area contributed by atoms with Crippen molar-refractivity contribution in [2.24, 2.45) is 5.92 Å². The van der Waals surface area contributed by atoms with Crippen molar-refractivity contribution in [3.05, 3.63) is 29.3 Å². The van der Waals surface area contributed by atoms with Crippen molar-refractivity contribution >= 4 is 35.5 Å². The second kappa shape index (κ2) is 38.9. The molecule has 19 heteroatoms. The van der Waals surface area contributed by atoms with E-state index in [1.807, 2.05) is 13.8 Å². The maximum Gasteiger partial charge on any atom is 0.337 e. The van der Waals surface area contributed by atoms with Crippen molar-refractivity contribution in [1.82, 2.24) is 10.6 Å². The standard InChI is InChI=1S/C47H74F4N2O13/c1-35(2)65-42(57)19-17-15-13-11-9-7-5-4-6-8-10-12-14-16-18-37(54)22-20-36(47(59)60-3)21-23-40(55)52-24-26-61-28-30-63-33-41(56)53-25-27-62-29-31-64-34-43(58)66-46-44(50)38(48)32-39(49)45(46)51/h32,35-36H,4-31,33-34H2,1-3H3,(H,52,55)(H,53,56)/t36-/m0/s1. The Hall–Kier alpha value is -4.20. The minimum atomic E-state index is -1.85. The van der Waals surface area contributed by atoms with Crippen molar-refractivity contribution in [1.29, 1.82) is 0 Å². The smallest absolute Gasteiger partial charge is 0.337 e. The summed E-state index contributed by atoms with van der Waals surface area (Å²) in [6.45, 7) is 3.53. The van der Waals surface area contributed by atoms with E-state index in [0.29, 0.717) is 19.3 Å². The summed E-state index contributed by atoms with van der Waals surface area (Å²) in [6.07, 6.45) is 17.9. The van der Waals surface area contributed by atoms with Gasteiger partial charge < -0.3 is 43.8 Å². The number of benzene rings is 1. The van der Waals surface area contributed by atoms with Crippen molar-refractivity contribution in [2.75, 3.05) is 73.1 Å². The van der Waals surface area contributed by atoms with Crippen molar-refractivity contribution in [2.45, 2.75) is 148 Å². The molecule has 66 heavy (non-hydrogen) atoms. The third kappa shape index (κ3) is 31.7. The molecule has 2 N–H and O–H groups in total. The first-order valence-corrected chi connectivity index (χ1v) is 23.4. The van der Waals surface area contributed by atoms with Crippen molar-refractivity contribution < 1.29 is 79.5 Å². The zero-order valence-corrected chi connectivity index (χ0v) is 39.3. The minimum absolute atomic E-state index is 0.0145. The molecule has 0 bridgehead atoms. The molecule has 0 heterocycles. The van der Waals surface area contributed by atoms with E-state index in [2.05, 4.69) is 15.4 Å². The van der Waals surface area contributed by atoms with Gasteiger partial charge in [0, 0.05) is 44.8 Å². The SMILES string of the molecule is COC(=O)[C@@H](CCC(=O)CCCCCCCCCCCCCCCCC(=O)OC(C)C)CCC(=O)NCCOCCOCC(=O)NCCOCCOCC(=O)Oc1c(F)c(F)cc(F)c1F. The molecule has 0 aliphatic carbocycles. The highest BCUT2D eigenvalue weighted by atomic mass is 19.2. The van der Waals surface area contributed by atoms with Crippen molar-refractivity contribution in [3.8, 4) is 5.75 Å². The van der Waals surface area contributed by atoms with Gasteiger partial charge in [0.15, 0.2) is 11.6 Å². The van der Waals surface area contributed by atoms with Crippen LogP contribution in [0, 0.1) is 29.2 Å². The summed E-state index contributed by atoms with van der Waals surface area (Å²) in [4.78, 5) is 72.3. The molecule has 0 saturated carbocycles. The molecule has 2 amide bonds. The first kappa shape index (κ1) is 59.8. The predicted octanol–water partition coefficient (Wildman–Crippen LogP) is 7.56. The van der Waals surface area contributed by atoms with E-state index in [4.69, 9.17) is 28.4 Å². The van der Waals surface area contributed by atoms with Crippen LogP contribution in [0.2, 0.25) is 0 Å². The molecule has 1 rings (SSSR count). The number of rotatable bonds is 42. The second-order valence-electron chi connectivity index (χ2n) is 16.1. The number of hydrogen-bond donors (Lipinski definition) is 2. The van der Waals surface area contributed by atoms with Gasteiger partial charge in [-0.15, -0.1) is 0 Å². The Labute approximate surface area is 387 Å². The third-order valence-electron chi connectivity index (χ3n) is 10.1. The Morgan fingerprint density at radius 2 is 0.985 bits per heavy atom. The number of halogens is 4. The molecular formula is C47H74F4N2O13. The maximum absolute atomic E-state index is 13.6. The van der Waals surface area contributed by atoms with Crippen LogP contribution in [0.3, 0.4) is 0 Å². The van der Waals surface area contributed by atoms with Gasteiger partial charge in [0.2, 0.25) is 29.2 Å². The molecule has 0 fully saturated rings. The molecule has 0 aromatic heterocycles. The number of ketones is 1. The molecule has 15 nitrogen and oxygen atoms in total. The highest BCUT2D eigenvalue weighted by Crippen LogP contribution is 2.26. The van der Waals surface area contributed by atoms with Gasteiger partial charge in [-0.3, -0.25) is 24.0 Å². The van der Waals surface area contributed by atoms with Gasteiger partial charge >= 0.3 is 17.9 Å². The largest absolute Gasteiger partial charge is 0.469 e. The molecule has 1 aromatic rings. The van der Waals surface area contributed by atoms with E-state index in [-0.39, 0.29) is 108 Å². The van der Waals surface area contributed by atoms with Crippen LogP contribution in [0.25, 0.3) is 0 Å². The molecule has 378 valence electrons. The predicted molar refractivity (Wildman–Crippen MR) is 235 cm³/mol. The average Bonchev–Trinajstić information content (AvgIpc) is 3.28. The van der Waals surface area contributed by atoms with Gasteiger partial charge in [-0.2, -0.15) is 8.78 Å². The average molecular weight is 951 g/mol. The Morgan fingerprint density at radius 3 is 1.50 bits per heavy atom. The lowest BCUT2D eigenvalue weighted by molar-refractivity contribution is -0.148. The Balaban J connectivity index is 1.97. The first-order chi connectivity index (χ1) is 31.7. The van der Waals surface area contributed by atoms with E-state index < -0.39 is 59.4 Å². The van der Waals surface area contributed by atoms with E-state index in [1.165, 1.54) is 64.9 Å². The first-order valence-electron chi connectivity index (χ1n) is 23.4. The van der Waals surface area contributed by atoms with Crippen LogP contribution in [0.4, 0.5) is 17.6 Å². The summed E-state index contributed by atoms with van der Waals surface area (Å²) in [6, 6.07) is -0.0186. The number of unbranched alkanes of at least 4 members (excludes halogenated alkanes) is 13. The van der Waals surface area contributed by atoms with Gasteiger partial charge in [-0.05, 0) is 39.5 Å². The fourth-order valence-corrected chi connectivity index (χ4v) is 6.56. The van der Waals surface area contributed by atoms with E-state index in [9.17, 15) is 46.3 Å². The van der Waals surface area contributed by atoms with E-state index in [0.717, 1.165) is 32.1 Å². The Morgan fingerprint density at radius 1 is 0.530 bits per heavy atom. The van der Waals surface area contributed by atoms with Crippen LogP contribution in [-0.2, 0) is 57.2 Å². The summed E-state index contributed by atoms with van der Waals surface area (Å²) >= 11 is 0. The number of Topliss-reactive ketones (excluding diaryl/α,β-unsaturated/α-hetero) is 1. The van der Waals surface area contributed by atoms with E-state index >= 15 is 0 Å². The molecule has 0 radical (unpaired) electrons. The maximum atomic E-state index is 13.6. The number of hydrogen-bond acceptors (Lipinski definition) is 13. The molecule has 0 saturated heterocycles. The van der Waals surface area contributed by atoms with Crippen LogP contribution in [0.1, 0.15) is 142 Å². The number of esters is 3. The molecule has 0 aliphatic rings. The lowest BCUT2D eigenvalue weighted by Crippen LogP contribution is -2.31. The van der Waals surface area contributed by atoms with Crippen LogP contribution in [0.5, 0.6) is 5.75 Å². The zero-order chi connectivity index (χ0) is 48.8. The monoisotopic (exact) mass is 951 g/mol. The molecule has 0 unspecified atom stereocenters. The van der Waals surface area contributed by atoms with Crippen LogP contribution in [-0.4, -0.2) is 115 Å². The summed E-state index contributed by atoms with van der Waals surface area (Å²) in [7, 11) is 1.29. The fraction of sp³-hybridized carbons (Fsp3) is 0.745. The summed E-state index contributed by atoms with van der Waals surface area (Å²) in [5, 5.41) is 5.28. The van der Waals surface area contributed by atoms with E-state index in [1.54, 1.807) is 0 Å². The van der Waals surface area contributed by atoms with Gasteiger partial charge in [0.1, 0.15) is 19.0 Å².